The molecule has 0 aliphatic rings. The van der Waals surface area contributed by atoms with Crippen molar-refractivity contribution in [2.75, 3.05) is 11.8 Å². The molecule has 0 saturated carbocycles. The van der Waals surface area contributed by atoms with E-state index in [1.165, 1.54) is 0 Å². The Bertz CT molecular complexity index is 543. The van der Waals surface area contributed by atoms with Crippen LogP contribution in [0.3, 0.4) is 0 Å². The van der Waals surface area contributed by atoms with Gasteiger partial charge in [0.2, 0.25) is 0 Å². The lowest BCUT2D eigenvalue weighted by atomic mass is 9.98. The number of halogens is 13. The number of phosphoric acid groups is 1. The van der Waals surface area contributed by atoms with Crippen LogP contribution in [0, 0.1) is 5.41 Å². The molecule has 0 rings (SSSR count). The zero-order valence-corrected chi connectivity index (χ0v) is 26.7. The van der Waals surface area contributed by atoms with E-state index < -0.39 is 60.6 Å². The molecule has 0 aromatic heterocycles. The molecule has 0 N–H and O–H groups in total. The van der Waals surface area contributed by atoms with Crippen molar-refractivity contribution in [2.45, 2.75) is 54.2 Å². The minimum absolute atomic E-state index is 0.00511. The number of phosphoric ester groups is 1. The van der Waals surface area contributed by atoms with E-state index in [0.717, 1.165) is 0 Å². The Morgan fingerprint density at radius 1 is 0.710 bits per heavy atom. The lowest BCUT2D eigenvalue weighted by Gasteiger charge is -2.34. The van der Waals surface area contributed by atoms with Gasteiger partial charge >= 0.3 is 7.82 Å². The summed E-state index contributed by atoms with van der Waals surface area (Å²) in [6.07, 6.45) is 0. The highest BCUT2D eigenvalue weighted by molar-refractivity contribution is 9.09. The summed E-state index contributed by atoms with van der Waals surface area (Å²) in [5.74, 6) is 0.0102. The van der Waals surface area contributed by atoms with E-state index in [0.29, 0.717) is 0 Å². The summed E-state index contributed by atoms with van der Waals surface area (Å²) in [6, 6.07) is 0. The summed E-state index contributed by atoms with van der Waals surface area (Å²) in [4.78, 5) is -2.24. The van der Waals surface area contributed by atoms with Crippen LogP contribution >= 0.6 is 163 Å². The predicted octanol–water partition coefficient (Wildman–Crippen LogP) is 9.52. The van der Waals surface area contributed by atoms with Crippen molar-refractivity contribution in [3.8, 4) is 0 Å². The lowest BCUT2D eigenvalue weighted by Crippen LogP contribution is -2.36. The fourth-order valence-electron chi connectivity index (χ4n) is 1.40. The molecule has 7 unspecified atom stereocenters. The van der Waals surface area contributed by atoms with Gasteiger partial charge in [-0.1, -0.05) is 46.1 Å². The summed E-state index contributed by atoms with van der Waals surface area (Å²) >= 11 is 74.2. The molecule has 0 aromatic carbocycles. The van der Waals surface area contributed by atoms with Crippen molar-refractivity contribution in [1.29, 1.82) is 0 Å². The van der Waals surface area contributed by atoms with Gasteiger partial charge in [0.25, 0.3) is 0 Å². The number of hydrogen-bond acceptors (Lipinski definition) is 4. The quantitative estimate of drug-likeness (QED) is 0.123. The molecule has 188 valence electrons. The molecule has 18 heteroatoms. The third-order valence-electron chi connectivity index (χ3n) is 3.43. The van der Waals surface area contributed by atoms with Crippen LogP contribution in [0.1, 0.15) is 6.92 Å². The fourth-order valence-corrected chi connectivity index (χ4v) is 7.44. The van der Waals surface area contributed by atoms with Gasteiger partial charge in [0, 0.05) is 17.2 Å². The molecule has 4 nitrogen and oxygen atoms in total. The lowest BCUT2D eigenvalue weighted by molar-refractivity contribution is 0.0602. The Kier molecular flexibility index (Phi) is 18.2. The topological polar surface area (TPSA) is 44.8 Å². The van der Waals surface area contributed by atoms with Gasteiger partial charge in [0.05, 0.1) is 21.5 Å². The van der Waals surface area contributed by atoms with Gasteiger partial charge in [0.1, 0.15) is 14.7 Å². The molecule has 0 amide bonds. The molecule has 0 aliphatic carbocycles. The molecule has 0 saturated heterocycles. The first-order chi connectivity index (χ1) is 14.0. The molecule has 0 radical (unpaired) electrons. The minimum atomic E-state index is -4.64. The predicted molar refractivity (Wildman–Crippen MR) is 142 cm³/mol. The SMILES string of the molecule is CC(CCl)(CCl)C(Br)OP(=O)(OC(Cl)C(Cl)C(Cl)C(Cl)Cl)OC(Cl)C(Cl)C(Cl)C(Cl)Cl. The third-order valence-corrected chi connectivity index (χ3v) is 12.8. The highest BCUT2D eigenvalue weighted by Gasteiger charge is 2.46. The van der Waals surface area contributed by atoms with E-state index in [4.69, 9.17) is 153 Å². The standard InChI is InChI=1S/C13H16BrCl12O4P/c1-13(2-15,3-16)12(14)30-31(27,28-10(25)6(19)4(17)8(21)22)29-11(26)7(20)5(18)9(23)24/h4-12H,2-3H2,1H3. The smallest absolute Gasteiger partial charge is 0.271 e. The van der Waals surface area contributed by atoms with Crippen LogP contribution in [-0.2, 0) is 18.1 Å². The average Bonchev–Trinajstić information content (AvgIpc) is 2.69. The molecule has 0 aromatic rings. The van der Waals surface area contributed by atoms with Crippen molar-refractivity contribution < 1.29 is 18.1 Å². The summed E-state index contributed by atoms with van der Waals surface area (Å²) in [5.41, 5.74) is -4.05. The van der Waals surface area contributed by atoms with E-state index in [9.17, 15) is 4.57 Å². The highest BCUT2D eigenvalue weighted by atomic mass is 79.9. The Hall–Kier alpha value is 4.07. The molecule has 0 aliphatic heterocycles. The Morgan fingerprint density at radius 3 is 1.29 bits per heavy atom. The van der Waals surface area contributed by atoms with Crippen LogP contribution in [0.5, 0.6) is 0 Å². The van der Waals surface area contributed by atoms with Gasteiger partial charge < -0.3 is 0 Å². The monoisotopic (exact) mass is 766 g/mol. The van der Waals surface area contributed by atoms with Crippen LogP contribution < -0.4 is 0 Å². The number of alkyl halides is 13. The van der Waals surface area contributed by atoms with Crippen molar-refractivity contribution in [3.05, 3.63) is 0 Å². The minimum Gasteiger partial charge on any atom is -0.271 e. The number of hydrogen-bond donors (Lipinski definition) is 0. The normalized spacial score (nSPS) is 21.9. The Labute approximate surface area is 250 Å². The third kappa shape index (κ3) is 11.6. The van der Waals surface area contributed by atoms with Crippen molar-refractivity contribution in [1.82, 2.24) is 0 Å². The second-order valence-corrected chi connectivity index (χ2v) is 14.2. The summed E-state index contributed by atoms with van der Waals surface area (Å²) < 4.78 is 29.4. The average molecular weight is 773 g/mol. The maximum atomic E-state index is 13.4. The van der Waals surface area contributed by atoms with E-state index >= 15 is 0 Å². The maximum Gasteiger partial charge on any atom is 0.478 e. The molecule has 0 bridgehead atoms. The van der Waals surface area contributed by atoms with Crippen molar-refractivity contribution in [3.63, 3.8) is 0 Å². The summed E-state index contributed by atoms with van der Waals surface area (Å²) in [6.45, 7) is 1.64. The zero-order valence-electron chi connectivity index (χ0n) is 15.1. The second-order valence-electron chi connectivity index (χ2n) is 6.15. The fraction of sp³-hybridized carbons (Fsp3) is 1.00. The van der Waals surface area contributed by atoms with Crippen LogP contribution in [0.2, 0.25) is 0 Å². The summed E-state index contributed by atoms with van der Waals surface area (Å²) in [7, 11) is -4.64. The molecule has 0 heterocycles. The Balaban J connectivity index is 5.77. The van der Waals surface area contributed by atoms with Gasteiger partial charge in [-0.2, -0.15) is 0 Å². The van der Waals surface area contributed by atoms with Crippen molar-refractivity contribution in [2.24, 2.45) is 5.41 Å². The van der Waals surface area contributed by atoms with E-state index in [-0.39, 0.29) is 11.8 Å². The van der Waals surface area contributed by atoms with Crippen LogP contribution in [-0.4, -0.2) is 59.1 Å². The van der Waals surface area contributed by atoms with Crippen LogP contribution in [0.4, 0.5) is 0 Å². The largest absolute Gasteiger partial charge is 0.478 e. The zero-order chi connectivity index (χ0) is 24.7. The first-order valence-corrected chi connectivity index (χ1v) is 15.7. The van der Waals surface area contributed by atoms with Gasteiger partial charge in [-0.25, -0.2) is 4.57 Å². The first kappa shape index (κ1) is 35.1. The number of rotatable bonds is 15. The second kappa shape index (κ2) is 16.1. The molecule has 31 heavy (non-hydrogen) atoms. The van der Waals surface area contributed by atoms with E-state index in [2.05, 4.69) is 15.9 Å². The van der Waals surface area contributed by atoms with Gasteiger partial charge in [-0.05, 0) is 0 Å². The molecular formula is C13H16BrCl12O4P. The van der Waals surface area contributed by atoms with E-state index in [1.807, 2.05) is 0 Å². The van der Waals surface area contributed by atoms with Crippen molar-refractivity contribution >= 4 is 163 Å². The van der Waals surface area contributed by atoms with Gasteiger partial charge in [-0.15, -0.1) is 116 Å². The van der Waals surface area contributed by atoms with Crippen LogP contribution in [0.15, 0.2) is 0 Å². The van der Waals surface area contributed by atoms with Gasteiger partial charge in [0.15, 0.2) is 11.1 Å². The molecular weight excluding hydrogens is 756 g/mol. The maximum absolute atomic E-state index is 13.4. The molecule has 0 fully saturated rings. The Morgan fingerprint density at radius 2 is 1.03 bits per heavy atom. The molecule has 7 atom stereocenters. The molecule has 0 spiro atoms. The van der Waals surface area contributed by atoms with Crippen LogP contribution in [0.25, 0.3) is 0 Å². The first-order valence-electron chi connectivity index (χ1n) is 7.87. The van der Waals surface area contributed by atoms with E-state index in [1.54, 1.807) is 6.92 Å². The highest BCUT2D eigenvalue weighted by Crippen LogP contribution is 2.58. The van der Waals surface area contributed by atoms with Gasteiger partial charge in [-0.3, -0.25) is 13.6 Å². The summed E-state index contributed by atoms with van der Waals surface area (Å²) in [5, 5.41) is -5.71.